The second-order valence-corrected chi connectivity index (χ2v) is 7.02. The Kier molecular flexibility index (Phi) is 7.64. The van der Waals surface area contributed by atoms with Crippen molar-refractivity contribution < 1.29 is 9.53 Å². The van der Waals surface area contributed by atoms with Gasteiger partial charge in [-0.05, 0) is 36.2 Å². The van der Waals surface area contributed by atoms with Crippen LogP contribution in [0.4, 0.5) is 0 Å². The number of hydrogen-bond donors (Lipinski definition) is 1. The third-order valence-electron chi connectivity index (χ3n) is 3.20. The van der Waals surface area contributed by atoms with E-state index < -0.39 is 0 Å². The van der Waals surface area contributed by atoms with Crippen LogP contribution in [0, 0.1) is 17.8 Å². The van der Waals surface area contributed by atoms with Gasteiger partial charge in [-0.25, -0.2) is 0 Å². The van der Waals surface area contributed by atoms with Gasteiger partial charge in [-0.3, -0.25) is 4.79 Å². The molecule has 1 aromatic rings. The highest BCUT2D eigenvalue weighted by molar-refractivity contribution is 7.05. The Hall–Kier alpha value is -1.17. The zero-order chi connectivity index (χ0) is 15.8. The van der Waals surface area contributed by atoms with Crippen LogP contribution in [0.25, 0.3) is 0 Å². The standard InChI is InChI=1S/C15H27N3O2S/c1-10(2)6-7-16-14(19)12(8-11(3)4)9-13-17-15(20-5)18-21-13/h10-12H,6-9H2,1-5H3,(H,16,19). The lowest BCUT2D eigenvalue weighted by Gasteiger charge is -2.18. The van der Waals surface area contributed by atoms with Gasteiger partial charge >= 0.3 is 6.01 Å². The molecule has 120 valence electrons. The fourth-order valence-electron chi connectivity index (χ4n) is 2.10. The molecular formula is C15H27N3O2S. The van der Waals surface area contributed by atoms with Crippen LogP contribution in [0.15, 0.2) is 0 Å². The Balaban J connectivity index is 2.59. The van der Waals surface area contributed by atoms with E-state index in [0.29, 0.717) is 24.3 Å². The van der Waals surface area contributed by atoms with E-state index in [1.165, 1.54) is 11.5 Å². The van der Waals surface area contributed by atoms with Crippen molar-refractivity contribution in [2.24, 2.45) is 17.8 Å². The molecule has 0 aliphatic rings. The van der Waals surface area contributed by atoms with Crippen LogP contribution in [-0.2, 0) is 11.2 Å². The van der Waals surface area contributed by atoms with Crippen LogP contribution in [0.5, 0.6) is 6.01 Å². The molecular weight excluding hydrogens is 286 g/mol. The van der Waals surface area contributed by atoms with Gasteiger partial charge in [-0.2, -0.15) is 4.98 Å². The average Bonchev–Trinajstić information content (AvgIpc) is 2.84. The summed E-state index contributed by atoms with van der Waals surface area (Å²) >= 11 is 1.31. The second-order valence-electron chi connectivity index (χ2n) is 6.18. The highest BCUT2D eigenvalue weighted by Gasteiger charge is 2.22. The quantitative estimate of drug-likeness (QED) is 0.761. The number of nitrogens with one attached hydrogen (secondary N) is 1. The predicted molar refractivity (Wildman–Crippen MR) is 85.6 cm³/mol. The third kappa shape index (κ3) is 6.89. The van der Waals surface area contributed by atoms with Crippen molar-refractivity contribution in [2.75, 3.05) is 13.7 Å². The maximum absolute atomic E-state index is 12.4. The lowest BCUT2D eigenvalue weighted by Crippen LogP contribution is -2.33. The summed E-state index contributed by atoms with van der Waals surface area (Å²) < 4.78 is 9.09. The molecule has 1 N–H and O–H groups in total. The summed E-state index contributed by atoms with van der Waals surface area (Å²) in [5.74, 6) is 1.15. The summed E-state index contributed by atoms with van der Waals surface area (Å²) in [6.45, 7) is 9.32. The van der Waals surface area contributed by atoms with Gasteiger partial charge in [0.05, 0.1) is 7.11 Å². The molecule has 1 unspecified atom stereocenters. The molecule has 5 nitrogen and oxygen atoms in total. The number of aromatic nitrogens is 2. The number of carbonyl (C=O) groups excluding carboxylic acids is 1. The predicted octanol–water partition coefficient (Wildman–Crippen LogP) is 2.91. The van der Waals surface area contributed by atoms with Crippen molar-refractivity contribution >= 4 is 17.4 Å². The number of nitrogens with zero attached hydrogens (tertiary/aromatic N) is 2. The summed E-state index contributed by atoms with van der Waals surface area (Å²) in [6.07, 6.45) is 2.49. The molecule has 0 aliphatic carbocycles. The van der Waals surface area contributed by atoms with Crippen molar-refractivity contribution in [1.82, 2.24) is 14.7 Å². The molecule has 0 fully saturated rings. The molecule has 1 atom stereocenters. The van der Waals surface area contributed by atoms with E-state index in [4.69, 9.17) is 4.74 Å². The van der Waals surface area contributed by atoms with Crippen LogP contribution in [0.3, 0.4) is 0 Å². The largest absolute Gasteiger partial charge is 0.466 e. The minimum absolute atomic E-state index is 0.0465. The summed E-state index contributed by atoms with van der Waals surface area (Å²) in [6, 6.07) is 0.388. The minimum Gasteiger partial charge on any atom is -0.466 e. The normalized spacial score (nSPS) is 12.7. The van der Waals surface area contributed by atoms with Crippen LogP contribution in [-0.4, -0.2) is 28.9 Å². The van der Waals surface area contributed by atoms with E-state index in [1.54, 1.807) is 7.11 Å². The summed E-state index contributed by atoms with van der Waals surface area (Å²) in [5.41, 5.74) is 0. The number of rotatable bonds is 9. The van der Waals surface area contributed by atoms with Crippen molar-refractivity contribution in [3.05, 3.63) is 5.01 Å². The molecule has 1 aromatic heterocycles. The molecule has 1 amide bonds. The van der Waals surface area contributed by atoms with Crippen molar-refractivity contribution in [2.45, 2.75) is 47.0 Å². The lowest BCUT2D eigenvalue weighted by molar-refractivity contribution is -0.125. The van der Waals surface area contributed by atoms with E-state index in [-0.39, 0.29) is 11.8 Å². The first kappa shape index (κ1) is 17.9. The SMILES string of the molecule is COc1nsc(CC(CC(C)C)C(=O)NCCC(C)C)n1. The maximum atomic E-state index is 12.4. The summed E-state index contributed by atoms with van der Waals surface area (Å²) in [4.78, 5) is 16.6. The smallest absolute Gasteiger partial charge is 0.328 e. The van der Waals surface area contributed by atoms with Gasteiger partial charge in [-0.1, -0.05) is 27.7 Å². The van der Waals surface area contributed by atoms with Crippen molar-refractivity contribution in [1.29, 1.82) is 0 Å². The van der Waals surface area contributed by atoms with E-state index in [0.717, 1.165) is 24.4 Å². The monoisotopic (exact) mass is 313 g/mol. The van der Waals surface area contributed by atoms with E-state index in [1.807, 2.05) is 0 Å². The highest BCUT2D eigenvalue weighted by atomic mass is 32.1. The van der Waals surface area contributed by atoms with Gasteiger partial charge in [-0.15, -0.1) is 4.37 Å². The fraction of sp³-hybridized carbons (Fsp3) is 0.800. The molecule has 0 spiro atoms. The Morgan fingerprint density at radius 2 is 2.00 bits per heavy atom. The number of hydrogen-bond acceptors (Lipinski definition) is 5. The number of carbonyl (C=O) groups is 1. The van der Waals surface area contributed by atoms with Crippen LogP contribution in [0.1, 0.15) is 45.5 Å². The van der Waals surface area contributed by atoms with Gasteiger partial charge in [0.25, 0.3) is 0 Å². The van der Waals surface area contributed by atoms with Crippen molar-refractivity contribution in [3.63, 3.8) is 0 Å². The lowest BCUT2D eigenvalue weighted by atomic mass is 9.93. The molecule has 21 heavy (non-hydrogen) atoms. The number of ether oxygens (including phenoxy) is 1. The first-order valence-corrected chi connectivity index (χ1v) is 8.34. The molecule has 0 saturated heterocycles. The summed E-state index contributed by atoms with van der Waals surface area (Å²) in [5, 5.41) is 3.90. The first-order chi connectivity index (χ1) is 9.92. The molecule has 1 heterocycles. The average molecular weight is 313 g/mol. The van der Waals surface area contributed by atoms with Gasteiger partial charge in [0.2, 0.25) is 5.91 Å². The fourth-order valence-corrected chi connectivity index (χ4v) is 2.79. The van der Waals surface area contributed by atoms with Crippen molar-refractivity contribution in [3.8, 4) is 6.01 Å². The van der Waals surface area contributed by atoms with Gasteiger partial charge in [0, 0.05) is 18.9 Å². The third-order valence-corrected chi connectivity index (χ3v) is 3.92. The minimum atomic E-state index is -0.0465. The Bertz CT molecular complexity index is 432. The summed E-state index contributed by atoms with van der Waals surface area (Å²) in [7, 11) is 1.55. The maximum Gasteiger partial charge on any atom is 0.328 e. The van der Waals surface area contributed by atoms with Crippen LogP contribution in [0.2, 0.25) is 0 Å². The highest BCUT2D eigenvalue weighted by Crippen LogP contribution is 2.20. The van der Waals surface area contributed by atoms with E-state index in [2.05, 4.69) is 42.4 Å². The molecule has 1 rings (SSSR count). The van der Waals surface area contributed by atoms with Crippen LogP contribution < -0.4 is 10.1 Å². The molecule has 0 radical (unpaired) electrons. The van der Waals surface area contributed by atoms with E-state index in [9.17, 15) is 4.79 Å². The second kappa shape index (κ2) is 8.97. The molecule has 6 heteroatoms. The molecule has 0 aromatic carbocycles. The zero-order valence-electron chi connectivity index (χ0n) is 13.7. The first-order valence-electron chi connectivity index (χ1n) is 7.56. The van der Waals surface area contributed by atoms with Crippen LogP contribution >= 0.6 is 11.5 Å². The van der Waals surface area contributed by atoms with Gasteiger partial charge in [0.15, 0.2) is 0 Å². The topological polar surface area (TPSA) is 64.1 Å². The van der Waals surface area contributed by atoms with Gasteiger partial charge < -0.3 is 10.1 Å². The Morgan fingerprint density at radius 3 is 2.52 bits per heavy atom. The Labute approximate surface area is 131 Å². The molecule has 0 saturated carbocycles. The number of methoxy groups -OCH3 is 1. The Morgan fingerprint density at radius 1 is 1.29 bits per heavy atom. The number of amides is 1. The van der Waals surface area contributed by atoms with Gasteiger partial charge in [0.1, 0.15) is 5.01 Å². The molecule has 0 bridgehead atoms. The molecule has 0 aliphatic heterocycles. The van der Waals surface area contributed by atoms with E-state index >= 15 is 0 Å². The zero-order valence-corrected chi connectivity index (χ0v) is 14.5.